The number of Topliss-reactive ketones (excluding diaryl/α,β-unsaturated/α-hetero) is 1. The van der Waals surface area contributed by atoms with E-state index in [1.54, 1.807) is 23.6 Å². The smallest absolute Gasteiger partial charge is 0.185 e. The summed E-state index contributed by atoms with van der Waals surface area (Å²) in [5, 5.41) is 13.0. The first-order valence-electron chi connectivity index (χ1n) is 5.78. The lowest BCUT2D eigenvalue weighted by atomic mass is 9.91. The topological polar surface area (TPSA) is 50.1 Å². The third-order valence-electron chi connectivity index (χ3n) is 2.96. The highest BCUT2D eigenvalue weighted by Gasteiger charge is 2.26. The first-order chi connectivity index (χ1) is 9.19. The van der Waals surface area contributed by atoms with E-state index < -0.39 is 5.92 Å². The number of carbonyl (C=O) groups excluding carboxylic acids is 1. The minimum Gasteiger partial charge on any atom is -0.496 e. The summed E-state index contributed by atoms with van der Waals surface area (Å²) >= 11 is 1.47. The number of hydrogen-bond donors (Lipinski definition) is 0. The summed E-state index contributed by atoms with van der Waals surface area (Å²) in [5.41, 5.74) is 2.13. The molecule has 0 bridgehead atoms. The normalized spacial score (nSPS) is 11.6. The number of aryl methyl sites for hydroxylation is 1. The molecule has 96 valence electrons. The van der Waals surface area contributed by atoms with E-state index in [1.165, 1.54) is 18.4 Å². The second-order valence-corrected chi connectivity index (χ2v) is 4.88. The van der Waals surface area contributed by atoms with Crippen LogP contribution < -0.4 is 4.74 Å². The van der Waals surface area contributed by atoms with Gasteiger partial charge in [-0.1, -0.05) is 18.2 Å². The van der Waals surface area contributed by atoms with Gasteiger partial charge < -0.3 is 4.74 Å². The Labute approximate surface area is 116 Å². The Morgan fingerprint density at radius 3 is 2.68 bits per heavy atom. The zero-order valence-corrected chi connectivity index (χ0v) is 11.5. The van der Waals surface area contributed by atoms with Gasteiger partial charge in [-0.25, -0.2) is 0 Å². The second kappa shape index (κ2) is 5.68. The van der Waals surface area contributed by atoms with Crippen LogP contribution in [0.3, 0.4) is 0 Å². The molecule has 2 rings (SSSR count). The molecule has 1 atom stereocenters. The molecular formula is C15H13NO2S. The molecule has 1 aromatic heterocycles. The van der Waals surface area contributed by atoms with Crippen molar-refractivity contribution < 1.29 is 9.53 Å². The van der Waals surface area contributed by atoms with Crippen molar-refractivity contribution in [2.24, 2.45) is 0 Å². The van der Waals surface area contributed by atoms with Crippen LogP contribution in [0, 0.1) is 18.3 Å². The third-order valence-corrected chi connectivity index (χ3v) is 3.82. The van der Waals surface area contributed by atoms with Crippen molar-refractivity contribution in [3.05, 3.63) is 51.7 Å². The number of methoxy groups -OCH3 is 1. The van der Waals surface area contributed by atoms with Crippen molar-refractivity contribution in [2.45, 2.75) is 12.8 Å². The van der Waals surface area contributed by atoms with Gasteiger partial charge in [0.1, 0.15) is 11.7 Å². The number of carbonyl (C=O) groups is 1. The van der Waals surface area contributed by atoms with Crippen molar-refractivity contribution in [1.82, 2.24) is 0 Å². The van der Waals surface area contributed by atoms with Crippen LogP contribution in [-0.2, 0) is 0 Å². The molecule has 19 heavy (non-hydrogen) atoms. The van der Waals surface area contributed by atoms with E-state index in [4.69, 9.17) is 4.74 Å². The third kappa shape index (κ3) is 2.51. The van der Waals surface area contributed by atoms with E-state index in [0.29, 0.717) is 16.9 Å². The number of ketones is 1. The Morgan fingerprint density at radius 1 is 1.37 bits per heavy atom. The van der Waals surface area contributed by atoms with Crippen LogP contribution >= 0.6 is 11.3 Å². The van der Waals surface area contributed by atoms with Gasteiger partial charge in [0.25, 0.3) is 0 Å². The Hall–Kier alpha value is -2.12. The summed E-state index contributed by atoms with van der Waals surface area (Å²) in [6.07, 6.45) is 0. The van der Waals surface area contributed by atoms with Crippen molar-refractivity contribution in [3.63, 3.8) is 0 Å². The van der Waals surface area contributed by atoms with Gasteiger partial charge in [-0.2, -0.15) is 16.6 Å². The summed E-state index contributed by atoms with van der Waals surface area (Å²) in [6, 6.07) is 9.22. The minimum absolute atomic E-state index is 0.175. The van der Waals surface area contributed by atoms with E-state index in [-0.39, 0.29) is 5.78 Å². The molecule has 0 saturated carbocycles. The van der Waals surface area contributed by atoms with Crippen LogP contribution in [0.2, 0.25) is 0 Å². The lowest BCUT2D eigenvalue weighted by Gasteiger charge is -2.12. The Balaban J connectivity index is 2.44. The fourth-order valence-corrected chi connectivity index (χ4v) is 2.78. The molecule has 2 aromatic rings. The minimum atomic E-state index is -0.829. The summed E-state index contributed by atoms with van der Waals surface area (Å²) in [7, 11) is 1.54. The molecule has 0 amide bonds. The van der Waals surface area contributed by atoms with Crippen LogP contribution in [0.25, 0.3) is 0 Å². The highest BCUT2D eigenvalue weighted by molar-refractivity contribution is 7.08. The molecule has 0 aliphatic carbocycles. The number of ether oxygens (including phenoxy) is 1. The van der Waals surface area contributed by atoms with Gasteiger partial charge in [0.05, 0.1) is 13.2 Å². The highest BCUT2D eigenvalue weighted by Crippen LogP contribution is 2.30. The summed E-state index contributed by atoms with van der Waals surface area (Å²) < 4.78 is 5.23. The van der Waals surface area contributed by atoms with Gasteiger partial charge in [-0.15, -0.1) is 0 Å². The number of hydrogen-bond acceptors (Lipinski definition) is 4. The molecule has 3 nitrogen and oxygen atoms in total. The van der Waals surface area contributed by atoms with E-state index in [9.17, 15) is 10.1 Å². The average molecular weight is 271 g/mol. The molecule has 0 radical (unpaired) electrons. The van der Waals surface area contributed by atoms with Gasteiger partial charge in [0.15, 0.2) is 5.78 Å². The Kier molecular flexibility index (Phi) is 3.98. The average Bonchev–Trinajstić information content (AvgIpc) is 2.86. The van der Waals surface area contributed by atoms with Crippen LogP contribution in [0.5, 0.6) is 5.75 Å². The summed E-state index contributed by atoms with van der Waals surface area (Å²) in [6.45, 7) is 1.88. The van der Waals surface area contributed by atoms with E-state index >= 15 is 0 Å². The maximum Gasteiger partial charge on any atom is 0.185 e. The zero-order valence-electron chi connectivity index (χ0n) is 10.7. The molecular weight excluding hydrogens is 258 g/mol. The Bertz CT molecular complexity index is 640. The molecule has 1 heterocycles. The van der Waals surface area contributed by atoms with Crippen LogP contribution in [0.4, 0.5) is 0 Å². The van der Waals surface area contributed by atoms with Crippen LogP contribution in [-0.4, -0.2) is 12.9 Å². The van der Waals surface area contributed by atoms with E-state index in [2.05, 4.69) is 6.07 Å². The standard InChI is InChI=1S/C15H13NO2S/c1-10-8-19-9-13(10)15(17)12(7-16)11-5-3-4-6-14(11)18-2/h3-6,8-9,12H,1-2H3. The maximum absolute atomic E-state index is 12.5. The summed E-state index contributed by atoms with van der Waals surface area (Å²) in [4.78, 5) is 12.5. The van der Waals surface area contributed by atoms with Crippen molar-refractivity contribution in [3.8, 4) is 11.8 Å². The first-order valence-corrected chi connectivity index (χ1v) is 6.73. The number of nitrogens with zero attached hydrogens (tertiary/aromatic N) is 1. The fourth-order valence-electron chi connectivity index (χ4n) is 1.94. The van der Waals surface area contributed by atoms with E-state index in [1.807, 2.05) is 18.4 Å². The van der Waals surface area contributed by atoms with Crippen molar-refractivity contribution >= 4 is 17.1 Å². The lowest BCUT2D eigenvalue weighted by molar-refractivity contribution is 0.0977. The highest BCUT2D eigenvalue weighted by atomic mass is 32.1. The van der Waals surface area contributed by atoms with Gasteiger partial charge >= 0.3 is 0 Å². The molecule has 0 fully saturated rings. The molecule has 0 N–H and O–H groups in total. The van der Waals surface area contributed by atoms with Crippen molar-refractivity contribution in [2.75, 3.05) is 7.11 Å². The zero-order chi connectivity index (χ0) is 13.8. The van der Waals surface area contributed by atoms with Crippen LogP contribution in [0.1, 0.15) is 27.4 Å². The summed E-state index contributed by atoms with van der Waals surface area (Å²) in [5.74, 6) is -0.439. The number of nitriles is 1. The van der Waals surface area contributed by atoms with Crippen LogP contribution in [0.15, 0.2) is 35.0 Å². The quantitative estimate of drug-likeness (QED) is 0.799. The maximum atomic E-state index is 12.5. The number of rotatable bonds is 4. The molecule has 4 heteroatoms. The second-order valence-electron chi connectivity index (χ2n) is 4.14. The lowest BCUT2D eigenvalue weighted by Crippen LogP contribution is -2.12. The number of benzene rings is 1. The number of para-hydroxylation sites is 1. The molecule has 0 aliphatic heterocycles. The van der Waals surface area contributed by atoms with Gasteiger partial charge in [0.2, 0.25) is 0 Å². The number of thiophene rings is 1. The van der Waals surface area contributed by atoms with E-state index in [0.717, 1.165) is 5.56 Å². The Morgan fingerprint density at radius 2 is 2.11 bits per heavy atom. The predicted octanol–water partition coefficient (Wildman–Crippen LogP) is 3.56. The van der Waals surface area contributed by atoms with Gasteiger partial charge in [0, 0.05) is 16.5 Å². The molecule has 1 aromatic carbocycles. The largest absolute Gasteiger partial charge is 0.496 e. The molecule has 1 unspecified atom stereocenters. The van der Waals surface area contributed by atoms with Gasteiger partial charge in [-0.3, -0.25) is 4.79 Å². The fraction of sp³-hybridized carbons (Fsp3) is 0.200. The molecule has 0 aliphatic rings. The van der Waals surface area contributed by atoms with Crippen molar-refractivity contribution in [1.29, 1.82) is 5.26 Å². The van der Waals surface area contributed by atoms with Gasteiger partial charge in [-0.05, 0) is 23.9 Å². The molecule has 0 saturated heterocycles. The molecule has 0 spiro atoms. The first kappa shape index (κ1) is 13.3. The predicted molar refractivity (Wildman–Crippen MR) is 74.7 cm³/mol. The monoisotopic (exact) mass is 271 g/mol. The SMILES string of the molecule is COc1ccccc1C(C#N)C(=O)c1cscc1C.